The van der Waals surface area contributed by atoms with Gasteiger partial charge in [0.15, 0.2) is 5.92 Å². The number of carbonyl (C=O) groups excluding carboxylic acids is 2. The van der Waals surface area contributed by atoms with E-state index in [0.29, 0.717) is 13.0 Å². The van der Waals surface area contributed by atoms with Gasteiger partial charge in [0.2, 0.25) is 0 Å². The number of carbonyl (C=O) groups is 2. The van der Waals surface area contributed by atoms with Crippen LogP contribution in [0.1, 0.15) is 59.3 Å². The summed E-state index contributed by atoms with van der Waals surface area (Å²) in [4.78, 5) is 23.7. The van der Waals surface area contributed by atoms with E-state index < -0.39 is 17.9 Å². The van der Waals surface area contributed by atoms with E-state index in [0.717, 1.165) is 32.1 Å². The summed E-state index contributed by atoms with van der Waals surface area (Å²) in [7, 11) is 0. The summed E-state index contributed by atoms with van der Waals surface area (Å²) in [5.74, 6) is -1.65. The van der Waals surface area contributed by atoms with Crippen LogP contribution in [0.4, 0.5) is 0 Å². The minimum Gasteiger partial charge on any atom is -0.465 e. The normalized spacial score (nSPS) is 19.3. The molecule has 0 aromatic rings. The number of ether oxygens (including phenoxy) is 2. The quantitative estimate of drug-likeness (QED) is 0.541. The number of hydrogen-bond donors (Lipinski definition) is 0. The first kappa shape index (κ1) is 15.0. The fraction of sp³-hybridized carbons (Fsp3) is 0.857. The molecule has 0 aromatic heterocycles. The molecule has 0 saturated heterocycles. The van der Waals surface area contributed by atoms with Gasteiger partial charge < -0.3 is 9.47 Å². The van der Waals surface area contributed by atoms with Crippen LogP contribution in [0.2, 0.25) is 0 Å². The largest absolute Gasteiger partial charge is 0.465 e. The van der Waals surface area contributed by atoms with Crippen LogP contribution in [-0.4, -0.2) is 24.1 Å². The molecule has 0 bridgehead atoms. The molecule has 18 heavy (non-hydrogen) atoms. The highest BCUT2D eigenvalue weighted by molar-refractivity contribution is 5.95. The lowest BCUT2D eigenvalue weighted by Gasteiger charge is -2.29. The standard InChI is InChI=1S/C14H24O4/c1-4-11(12(15)17-6-3)13(16)18-14(5-2)9-7-8-10-14/h11H,4-10H2,1-3H3. The topological polar surface area (TPSA) is 52.6 Å². The van der Waals surface area contributed by atoms with Crippen LogP contribution in [-0.2, 0) is 19.1 Å². The van der Waals surface area contributed by atoms with Gasteiger partial charge in [-0.05, 0) is 45.4 Å². The van der Waals surface area contributed by atoms with E-state index in [4.69, 9.17) is 9.47 Å². The molecule has 0 aromatic carbocycles. The minimum atomic E-state index is -0.769. The Hall–Kier alpha value is -1.06. The van der Waals surface area contributed by atoms with Crippen molar-refractivity contribution < 1.29 is 19.1 Å². The molecule has 1 aliphatic carbocycles. The van der Waals surface area contributed by atoms with Crippen molar-refractivity contribution in [2.45, 2.75) is 64.9 Å². The summed E-state index contributed by atoms with van der Waals surface area (Å²) in [5, 5.41) is 0. The summed E-state index contributed by atoms with van der Waals surface area (Å²) in [6.45, 7) is 5.86. The van der Waals surface area contributed by atoms with Gasteiger partial charge in [-0.2, -0.15) is 0 Å². The number of esters is 2. The SMILES string of the molecule is CCOC(=O)C(CC)C(=O)OC1(CC)CCCC1. The van der Waals surface area contributed by atoms with E-state index >= 15 is 0 Å². The molecule has 0 aliphatic heterocycles. The molecule has 0 amide bonds. The van der Waals surface area contributed by atoms with E-state index in [2.05, 4.69) is 0 Å². The first-order chi connectivity index (χ1) is 8.58. The maximum Gasteiger partial charge on any atom is 0.320 e. The third kappa shape index (κ3) is 3.47. The van der Waals surface area contributed by atoms with Gasteiger partial charge in [0, 0.05) is 0 Å². The molecule has 1 saturated carbocycles. The van der Waals surface area contributed by atoms with E-state index in [1.54, 1.807) is 13.8 Å². The van der Waals surface area contributed by atoms with Crippen LogP contribution < -0.4 is 0 Å². The maximum absolute atomic E-state index is 12.1. The average molecular weight is 256 g/mol. The van der Waals surface area contributed by atoms with Crippen molar-refractivity contribution in [2.24, 2.45) is 5.92 Å². The molecular weight excluding hydrogens is 232 g/mol. The van der Waals surface area contributed by atoms with Gasteiger partial charge in [-0.15, -0.1) is 0 Å². The van der Waals surface area contributed by atoms with Crippen molar-refractivity contribution in [3.8, 4) is 0 Å². The molecule has 0 spiro atoms. The third-order valence-corrected chi connectivity index (χ3v) is 3.74. The highest BCUT2D eigenvalue weighted by Gasteiger charge is 2.39. The fourth-order valence-electron chi connectivity index (χ4n) is 2.50. The molecule has 1 unspecified atom stereocenters. The predicted octanol–water partition coefficient (Wildman–Crippen LogP) is 2.84. The third-order valence-electron chi connectivity index (χ3n) is 3.74. The van der Waals surface area contributed by atoms with Crippen LogP contribution in [0.25, 0.3) is 0 Å². The van der Waals surface area contributed by atoms with E-state index in [1.165, 1.54) is 0 Å². The van der Waals surface area contributed by atoms with Crippen molar-refractivity contribution in [3.63, 3.8) is 0 Å². The first-order valence-corrected chi connectivity index (χ1v) is 6.98. The van der Waals surface area contributed by atoms with Crippen LogP contribution in [0.5, 0.6) is 0 Å². The molecule has 0 N–H and O–H groups in total. The van der Waals surface area contributed by atoms with Crippen LogP contribution in [0.3, 0.4) is 0 Å². The molecule has 4 nitrogen and oxygen atoms in total. The molecule has 1 aliphatic rings. The Morgan fingerprint density at radius 3 is 2.17 bits per heavy atom. The van der Waals surface area contributed by atoms with Crippen molar-refractivity contribution in [1.29, 1.82) is 0 Å². The smallest absolute Gasteiger partial charge is 0.320 e. The molecule has 104 valence electrons. The second kappa shape index (κ2) is 6.76. The second-order valence-electron chi connectivity index (χ2n) is 4.88. The minimum absolute atomic E-state index is 0.293. The Kier molecular flexibility index (Phi) is 5.63. The lowest BCUT2D eigenvalue weighted by molar-refractivity contribution is -0.172. The van der Waals surface area contributed by atoms with Gasteiger partial charge in [0.05, 0.1) is 6.61 Å². The number of hydrogen-bond acceptors (Lipinski definition) is 4. The lowest BCUT2D eigenvalue weighted by Crippen LogP contribution is -2.37. The van der Waals surface area contributed by atoms with Gasteiger partial charge in [-0.1, -0.05) is 13.8 Å². The van der Waals surface area contributed by atoms with Crippen LogP contribution >= 0.6 is 0 Å². The van der Waals surface area contributed by atoms with Crippen molar-refractivity contribution in [1.82, 2.24) is 0 Å². The number of rotatable bonds is 6. The van der Waals surface area contributed by atoms with Gasteiger partial charge >= 0.3 is 11.9 Å². The zero-order chi connectivity index (χ0) is 13.6. The summed E-state index contributed by atoms with van der Waals surface area (Å²) >= 11 is 0. The maximum atomic E-state index is 12.1. The molecule has 4 heteroatoms. The Morgan fingerprint density at radius 2 is 1.72 bits per heavy atom. The second-order valence-corrected chi connectivity index (χ2v) is 4.88. The molecule has 1 fully saturated rings. The Bertz CT molecular complexity index is 292. The summed E-state index contributed by atoms with van der Waals surface area (Å²) in [5.41, 5.74) is -0.336. The van der Waals surface area contributed by atoms with Crippen LogP contribution in [0.15, 0.2) is 0 Å². The molecule has 1 rings (SSSR count). The molecule has 1 atom stereocenters. The van der Waals surface area contributed by atoms with Crippen molar-refractivity contribution in [2.75, 3.05) is 6.61 Å². The molecule has 0 radical (unpaired) electrons. The Labute approximate surface area is 109 Å². The lowest BCUT2D eigenvalue weighted by atomic mass is 9.98. The van der Waals surface area contributed by atoms with Gasteiger partial charge in [0.25, 0.3) is 0 Å². The highest BCUT2D eigenvalue weighted by atomic mass is 16.6. The first-order valence-electron chi connectivity index (χ1n) is 6.98. The summed E-state index contributed by atoms with van der Waals surface area (Å²) in [6.07, 6.45) is 5.26. The molecular formula is C14H24O4. The van der Waals surface area contributed by atoms with Gasteiger partial charge in [-0.3, -0.25) is 9.59 Å². The van der Waals surface area contributed by atoms with Crippen molar-refractivity contribution >= 4 is 11.9 Å². The molecule has 0 heterocycles. The highest BCUT2D eigenvalue weighted by Crippen LogP contribution is 2.36. The zero-order valence-electron chi connectivity index (χ0n) is 11.7. The van der Waals surface area contributed by atoms with E-state index in [1.807, 2.05) is 6.92 Å². The fourth-order valence-corrected chi connectivity index (χ4v) is 2.50. The Balaban J connectivity index is 2.64. The monoisotopic (exact) mass is 256 g/mol. The zero-order valence-corrected chi connectivity index (χ0v) is 11.7. The van der Waals surface area contributed by atoms with Crippen LogP contribution in [0, 0.1) is 5.92 Å². The van der Waals surface area contributed by atoms with Gasteiger partial charge in [0.1, 0.15) is 5.60 Å². The van der Waals surface area contributed by atoms with E-state index in [-0.39, 0.29) is 5.60 Å². The van der Waals surface area contributed by atoms with Crippen molar-refractivity contribution in [3.05, 3.63) is 0 Å². The van der Waals surface area contributed by atoms with E-state index in [9.17, 15) is 9.59 Å². The van der Waals surface area contributed by atoms with Gasteiger partial charge in [-0.25, -0.2) is 0 Å². The average Bonchev–Trinajstić information content (AvgIpc) is 2.79. The summed E-state index contributed by atoms with van der Waals surface area (Å²) in [6, 6.07) is 0. The predicted molar refractivity (Wildman–Crippen MR) is 68.0 cm³/mol. The summed E-state index contributed by atoms with van der Waals surface area (Å²) < 4.78 is 10.5. The Morgan fingerprint density at radius 1 is 1.11 bits per heavy atom.